The van der Waals surface area contributed by atoms with Gasteiger partial charge in [-0.3, -0.25) is 9.59 Å². The van der Waals surface area contributed by atoms with Crippen molar-refractivity contribution < 1.29 is 9.59 Å². The van der Waals surface area contributed by atoms with E-state index in [1.807, 2.05) is 42.5 Å². The van der Waals surface area contributed by atoms with Gasteiger partial charge >= 0.3 is 0 Å². The summed E-state index contributed by atoms with van der Waals surface area (Å²) in [5, 5.41) is 18.4. The second-order valence-corrected chi connectivity index (χ2v) is 10.5. The Balaban J connectivity index is 1.29. The third-order valence-electron chi connectivity index (χ3n) is 5.81. The van der Waals surface area contributed by atoms with E-state index < -0.39 is 11.8 Å². The lowest BCUT2D eigenvalue weighted by Gasteiger charge is -2.12. The minimum Gasteiger partial charge on any atom is -0.321 e. The van der Waals surface area contributed by atoms with Gasteiger partial charge in [0.15, 0.2) is 5.82 Å². The number of amides is 2. The van der Waals surface area contributed by atoms with Crippen LogP contribution in [0.5, 0.6) is 0 Å². The Hall–Kier alpha value is -4.44. The molecule has 0 spiro atoms. The van der Waals surface area contributed by atoms with Gasteiger partial charge in [-0.05, 0) is 82.7 Å². The molecule has 5 rings (SSSR count). The van der Waals surface area contributed by atoms with Crippen LogP contribution in [0.4, 0.5) is 5.69 Å². The number of benzene rings is 4. The highest BCUT2D eigenvalue weighted by molar-refractivity contribution is 7.98. The molecule has 2 amide bonds. The Bertz CT molecular complexity index is 1690. The van der Waals surface area contributed by atoms with Crippen molar-refractivity contribution >= 4 is 58.5 Å². The van der Waals surface area contributed by atoms with Crippen molar-refractivity contribution in [1.29, 1.82) is 0 Å². The Morgan fingerprint density at radius 3 is 2.29 bits per heavy atom. The zero-order chi connectivity index (χ0) is 28.6. The topological polar surface area (TPSA) is 102 Å². The minimum atomic E-state index is -0.511. The van der Waals surface area contributed by atoms with Crippen LogP contribution >= 0.6 is 35.0 Å². The first-order chi connectivity index (χ1) is 20.0. The third kappa shape index (κ3) is 7.40. The van der Waals surface area contributed by atoms with E-state index in [9.17, 15) is 9.59 Å². The number of hydrogen-bond acceptors (Lipinski definition) is 6. The number of anilines is 1. The van der Waals surface area contributed by atoms with Gasteiger partial charge in [-0.2, -0.15) is 4.68 Å². The monoisotopic (exact) mass is 600 g/mol. The normalized spacial score (nSPS) is 11.2. The molecule has 0 radical (unpaired) electrons. The molecule has 41 heavy (non-hydrogen) atoms. The zero-order valence-electron chi connectivity index (χ0n) is 21.4. The van der Waals surface area contributed by atoms with E-state index in [-0.39, 0.29) is 5.70 Å². The summed E-state index contributed by atoms with van der Waals surface area (Å²) in [5.74, 6) is 0.321. The molecule has 204 valence electrons. The summed E-state index contributed by atoms with van der Waals surface area (Å²) in [7, 11) is 0. The minimum absolute atomic E-state index is 0.0225. The fourth-order valence-corrected chi connectivity index (χ4v) is 5.03. The van der Waals surface area contributed by atoms with Gasteiger partial charge in [0.2, 0.25) is 0 Å². The van der Waals surface area contributed by atoms with Crippen LogP contribution in [0, 0.1) is 0 Å². The lowest BCUT2D eigenvalue weighted by Crippen LogP contribution is -2.30. The second-order valence-electron chi connectivity index (χ2n) is 8.65. The number of para-hydroxylation sites is 1. The van der Waals surface area contributed by atoms with E-state index in [4.69, 9.17) is 23.2 Å². The standard InChI is InChI=1S/C30H22Cl2N6O2S/c31-22-12-11-21(26(32)18-22)17-27(34-29(39)20-7-3-1-4-8-20)30(40)33-23-13-15-25(16-14-23)41-19-28-35-36-37-38(28)24-9-5-2-6-10-24/h1-18H,19H2,(H,33,40)(H,34,39)/b27-17-. The molecule has 5 aromatic rings. The lowest BCUT2D eigenvalue weighted by molar-refractivity contribution is -0.113. The first-order valence-electron chi connectivity index (χ1n) is 12.4. The average molecular weight is 602 g/mol. The molecule has 4 aromatic carbocycles. The molecule has 0 bridgehead atoms. The van der Waals surface area contributed by atoms with Gasteiger partial charge in [-0.15, -0.1) is 16.9 Å². The smallest absolute Gasteiger partial charge is 0.272 e. The molecule has 0 atom stereocenters. The van der Waals surface area contributed by atoms with Gasteiger partial charge in [0.05, 0.1) is 11.4 Å². The summed E-state index contributed by atoms with van der Waals surface area (Å²) in [5.41, 5.74) is 2.39. The molecular formula is C30H22Cl2N6O2S. The Morgan fingerprint density at radius 1 is 0.878 bits per heavy atom. The molecule has 0 saturated heterocycles. The molecule has 8 nitrogen and oxygen atoms in total. The number of thioether (sulfide) groups is 1. The largest absolute Gasteiger partial charge is 0.321 e. The highest BCUT2D eigenvalue weighted by Gasteiger charge is 2.16. The Morgan fingerprint density at radius 2 is 1.59 bits per heavy atom. The number of tetrazole rings is 1. The molecule has 0 aliphatic rings. The average Bonchev–Trinajstić information content (AvgIpc) is 3.47. The third-order valence-corrected chi connectivity index (χ3v) is 7.38. The molecule has 11 heteroatoms. The molecule has 0 saturated carbocycles. The van der Waals surface area contributed by atoms with Crippen molar-refractivity contribution in [3.63, 3.8) is 0 Å². The van der Waals surface area contributed by atoms with Gasteiger partial charge < -0.3 is 10.6 Å². The van der Waals surface area contributed by atoms with Crippen LogP contribution in [0.2, 0.25) is 10.0 Å². The highest BCUT2D eigenvalue weighted by atomic mass is 35.5. The molecular weight excluding hydrogens is 579 g/mol. The number of rotatable bonds is 9. The summed E-state index contributed by atoms with van der Waals surface area (Å²) >= 11 is 13.9. The van der Waals surface area contributed by atoms with Crippen molar-refractivity contribution in [1.82, 2.24) is 25.5 Å². The maximum absolute atomic E-state index is 13.3. The van der Waals surface area contributed by atoms with E-state index in [2.05, 4.69) is 26.2 Å². The number of nitrogens with one attached hydrogen (secondary N) is 2. The summed E-state index contributed by atoms with van der Waals surface area (Å²) in [6.45, 7) is 0. The van der Waals surface area contributed by atoms with Crippen LogP contribution in [0.25, 0.3) is 11.8 Å². The lowest BCUT2D eigenvalue weighted by atomic mass is 10.1. The van der Waals surface area contributed by atoms with E-state index in [0.717, 1.165) is 10.6 Å². The Labute approximate surface area is 250 Å². The van der Waals surface area contributed by atoms with E-state index in [1.165, 1.54) is 6.08 Å². The van der Waals surface area contributed by atoms with Crippen molar-refractivity contribution in [3.05, 3.63) is 136 Å². The number of aromatic nitrogens is 4. The number of carbonyl (C=O) groups is 2. The number of hydrogen-bond donors (Lipinski definition) is 2. The van der Waals surface area contributed by atoms with Crippen molar-refractivity contribution in [2.24, 2.45) is 0 Å². The van der Waals surface area contributed by atoms with Crippen LogP contribution in [0.15, 0.2) is 114 Å². The fourth-order valence-electron chi connectivity index (χ4n) is 3.76. The summed E-state index contributed by atoms with van der Waals surface area (Å²) in [6, 6.07) is 30.5. The van der Waals surface area contributed by atoms with Crippen LogP contribution in [0.1, 0.15) is 21.7 Å². The second kappa shape index (κ2) is 13.3. The molecule has 0 aliphatic heterocycles. The van der Waals surface area contributed by atoms with Gasteiger partial charge in [-0.25, -0.2) is 0 Å². The SMILES string of the molecule is O=C(Nc1ccc(SCc2nnnn2-c2ccccc2)cc1)/C(=C/c1ccc(Cl)cc1Cl)NC(=O)c1ccccc1. The summed E-state index contributed by atoms with van der Waals surface area (Å²) in [4.78, 5) is 27.1. The summed E-state index contributed by atoms with van der Waals surface area (Å²) in [6.07, 6.45) is 1.51. The number of carbonyl (C=O) groups excluding carboxylic acids is 2. The fraction of sp³-hybridized carbons (Fsp3) is 0.0333. The quantitative estimate of drug-likeness (QED) is 0.145. The first kappa shape index (κ1) is 28.1. The predicted molar refractivity (Wildman–Crippen MR) is 162 cm³/mol. The van der Waals surface area contributed by atoms with Gasteiger partial charge in [0.1, 0.15) is 5.70 Å². The first-order valence-corrected chi connectivity index (χ1v) is 14.1. The van der Waals surface area contributed by atoms with Crippen molar-refractivity contribution in [2.45, 2.75) is 10.6 Å². The van der Waals surface area contributed by atoms with Crippen LogP contribution in [-0.2, 0) is 10.5 Å². The number of nitrogens with zero attached hydrogens (tertiary/aromatic N) is 4. The molecule has 0 unspecified atom stereocenters. The van der Waals surface area contributed by atoms with E-state index in [0.29, 0.717) is 38.4 Å². The molecule has 0 fully saturated rings. The van der Waals surface area contributed by atoms with E-state index >= 15 is 0 Å². The zero-order valence-corrected chi connectivity index (χ0v) is 23.7. The molecule has 0 aliphatic carbocycles. The van der Waals surface area contributed by atoms with Crippen molar-refractivity contribution in [3.8, 4) is 5.69 Å². The van der Waals surface area contributed by atoms with Crippen molar-refractivity contribution in [2.75, 3.05) is 5.32 Å². The van der Waals surface area contributed by atoms with Gasteiger partial charge in [0, 0.05) is 26.2 Å². The molecule has 2 N–H and O–H groups in total. The predicted octanol–water partition coefficient (Wildman–Crippen LogP) is 6.67. The van der Waals surface area contributed by atoms with Crippen LogP contribution in [0.3, 0.4) is 0 Å². The van der Waals surface area contributed by atoms with Crippen LogP contribution < -0.4 is 10.6 Å². The Kier molecular flexibility index (Phi) is 9.10. The van der Waals surface area contributed by atoms with E-state index in [1.54, 1.807) is 77.1 Å². The highest BCUT2D eigenvalue weighted by Crippen LogP contribution is 2.26. The van der Waals surface area contributed by atoms with Gasteiger partial charge in [0.25, 0.3) is 11.8 Å². The maximum Gasteiger partial charge on any atom is 0.272 e. The molecule has 1 heterocycles. The number of halogens is 2. The maximum atomic E-state index is 13.3. The summed E-state index contributed by atoms with van der Waals surface area (Å²) < 4.78 is 1.70. The van der Waals surface area contributed by atoms with Gasteiger partial charge in [-0.1, -0.05) is 65.7 Å². The molecule has 1 aromatic heterocycles. The van der Waals surface area contributed by atoms with Crippen LogP contribution in [-0.4, -0.2) is 32.0 Å².